The number of aromatic amines is 1. The minimum atomic E-state index is -0.898. The van der Waals surface area contributed by atoms with Crippen LogP contribution in [-0.4, -0.2) is 14.5 Å². The number of hydrogen-bond acceptors (Lipinski definition) is 2. The third-order valence-electron chi connectivity index (χ3n) is 3.32. The molecular weight excluding hydrogens is 280 g/mol. The first-order valence-electron chi connectivity index (χ1n) is 6.07. The van der Waals surface area contributed by atoms with Crippen LogP contribution in [0.2, 0.25) is 0 Å². The molecule has 3 aromatic rings. The predicted molar refractivity (Wildman–Crippen MR) is 75.1 cm³/mol. The second kappa shape index (κ2) is 4.79. The molecule has 0 aliphatic rings. The smallest absolute Gasteiger partial charge is 0.184 e. The number of imidazole rings is 1. The maximum Gasteiger partial charge on any atom is 0.184 e. The van der Waals surface area contributed by atoms with Crippen molar-refractivity contribution in [2.45, 2.75) is 13.0 Å². The molecule has 0 aliphatic carbocycles. The van der Waals surface area contributed by atoms with E-state index >= 15 is 0 Å². The standard InChI is InChI=1S/C14H11F2N3S/c1-8(9-3-2-6-17-7-9)19-13-11(18-14(19)20)5-4-10(15)12(13)16/h2-8H,1H3,(H,18,20). The average molecular weight is 291 g/mol. The molecule has 0 spiro atoms. The zero-order valence-corrected chi connectivity index (χ0v) is 11.4. The first kappa shape index (κ1) is 12.9. The van der Waals surface area contributed by atoms with Crippen molar-refractivity contribution in [2.24, 2.45) is 0 Å². The number of nitrogens with zero attached hydrogens (tertiary/aromatic N) is 2. The van der Waals surface area contributed by atoms with Crippen LogP contribution in [0.15, 0.2) is 36.7 Å². The number of halogens is 2. The van der Waals surface area contributed by atoms with Crippen LogP contribution in [0.5, 0.6) is 0 Å². The van der Waals surface area contributed by atoms with Crippen LogP contribution in [0.4, 0.5) is 8.78 Å². The van der Waals surface area contributed by atoms with Crippen LogP contribution in [0.25, 0.3) is 11.0 Å². The molecule has 1 aromatic carbocycles. The Morgan fingerprint density at radius 1 is 1.30 bits per heavy atom. The van der Waals surface area contributed by atoms with Gasteiger partial charge in [-0.1, -0.05) is 6.07 Å². The summed E-state index contributed by atoms with van der Waals surface area (Å²) in [5, 5.41) is 0. The first-order chi connectivity index (χ1) is 9.59. The molecule has 3 nitrogen and oxygen atoms in total. The lowest BCUT2D eigenvalue weighted by atomic mass is 10.1. The molecule has 6 heteroatoms. The molecule has 0 radical (unpaired) electrons. The van der Waals surface area contributed by atoms with Gasteiger partial charge in [0.1, 0.15) is 5.52 Å². The molecule has 0 bridgehead atoms. The van der Waals surface area contributed by atoms with Crippen molar-refractivity contribution >= 4 is 23.3 Å². The zero-order chi connectivity index (χ0) is 14.3. The van der Waals surface area contributed by atoms with Crippen molar-refractivity contribution in [3.05, 3.63) is 58.6 Å². The van der Waals surface area contributed by atoms with Crippen LogP contribution in [-0.2, 0) is 0 Å². The lowest BCUT2D eigenvalue weighted by molar-refractivity contribution is 0.508. The number of pyridine rings is 1. The summed E-state index contributed by atoms with van der Waals surface area (Å²) in [6.45, 7) is 1.87. The van der Waals surface area contributed by atoms with Crippen LogP contribution < -0.4 is 0 Å². The van der Waals surface area contributed by atoms with E-state index in [4.69, 9.17) is 12.2 Å². The number of aromatic nitrogens is 3. The molecule has 0 saturated heterocycles. The van der Waals surface area contributed by atoms with Crippen LogP contribution >= 0.6 is 12.2 Å². The second-order valence-electron chi connectivity index (χ2n) is 4.52. The van der Waals surface area contributed by atoms with Crippen LogP contribution in [0, 0.1) is 16.4 Å². The van der Waals surface area contributed by atoms with Gasteiger partial charge < -0.3 is 9.55 Å². The molecule has 102 valence electrons. The van der Waals surface area contributed by atoms with Gasteiger partial charge in [-0.05, 0) is 42.9 Å². The summed E-state index contributed by atoms with van der Waals surface area (Å²) in [7, 11) is 0. The average Bonchev–Trinajstić information content (AvgIpc) is 2.80. The summed E-state index contributed by atoms with van der Waals surface area (Å²) in [4.78, 5) is 6.94. The van der Waals surface area contributed by atoms with Gasteiger partial charge in [0, 0.05) is 12.4 Å². The normalized spacial score (nSPS) is 12.8. The molecule has 2 aromatic heterocycles. The minimum Gasteiger partial charge on any atom is -0.330 e. The molecule has 3 rings (SSSR count). The number of rotatable bonds is 2. The van der Waals surface area contributed by atoms with E-state index in [1.54, 1.807) is 23.0 Å². The van der Waals surface area contributed by atoms with Gasteiger partial charge in [0.05, 0.1) is 11.6 Å². The fraction of sp³-hybridized carbons (Fsp3) is 0.143. The maximum absolute atomic E-state index is 14.1. The summed E-state index contributed by atoms with van der Waals surface area (Å²) >= 11 is 5.23. The second-order valence-corrected chi connectivity index (χ2v) is 4.91. The number of benzene rings is 1. The third-order valence-corrected chi connectivity index (χ3v) is 3.62. The van der Waals surface area contributed by atoms with Crippen molar-refractivity contribution in [3.63, 3.8) is 0 Å². The third kappa shape index (κ3) is 1.92. The Labute approximate surface area is 118 Å². The van der Waals surface area contributed by atoms with Gasteiger partial charge in [-0.25, -0.2) is 8.78 Å². The van der Waals surface area contributed by atoms with E-state index in [-0.39, 0.29) is 11.6 Å². The van der Waals surface area contributed by atoms with Gasteiger partial charge in [0.15, 0.2) is 16.4 Å². The summed E-state index contributed by atoms with van der Waals surface area (Å²) in [6.07, 6.45) is 3.34. The largest absolute Gasteiger partial charge is 0.330 e. The Morgan fingerprint density at radius 2 is 2.10 bits per heavy atom. The highest BCUT2D eigenvalue weighted by molar-refractivity contribution is 7.71. The Bertz CT molecular complexity index is 824. The van der Waals surface area contributed by atoms with E-state index in [0.29, 0.717) is 10.3 Å². The van der Waals surface area contributed by atoms with E-state index in [1.807, 2.05) is 13.0 Å². The molecule has 20 heavy (non-hydrogen) atoms. The van der Waals surface area contributed by atoms with E-state index in [9.17, 15) is 8.78 Å². The highest BCUT2D eigenvalue weighted by Crippen LogP contribution is 2.26. The number of hydrogen-bond donors (Lipinski definition) is 1. The van der Waals surface area contributed by atoms with Crippen molar-refractivity contribution in [3.8, 4) is 0 Å². The summed E-state index contributed by atoms with van der Waals surface area (Å²) in [5.41, 5.74) is 1.49. The molecule has 1 atom stereocenters. The SMILES string of the molecule is CC(c1cccnc1)n1c(=S)[nH]c2ccc(F)c(F)c21. The number of H-pyrrole nitrogens is 1. The van der Waals surface area contributed by atoms with E-state index < -0.39 is 11.6 Å². The van der Waals surface area contributed by atoms with Gasteiger partial charge in [0.25, 0.3) is 0 Å². The topological polar surface area (TPSA) is 33.6 Å². The van der Waals surface area contributed by atoms with Crippen molar-refractivity contribution in [2.75, 3.05) is 0 Å². The summed E-state index contributed by atoms with van der Waals surface area (Å²) in [6, 6.07) is 5.98. The highest BCUT2D eigenvalue weighted by atomic mass is 32.1. The van der Waals surface area contributed by atoms with Gasteiger partial charge in [-0.2, -0.15) is 0 Å². The predicted octanol–water partition coefficient (Wildman–Crippen LogP) is 3.98. The fourth-order valence-corrected chi connectivity index (χ4v) is 2.65. The zero-order valence-electron chi connectivity index (χ0n) is 10.6. The van der Waals surface area contributed by atoms with Gasteiger partial charge in [0.2, 0.25) is 0 Å². The van der Waals surface area contributed by atoms with Gasteiger partial charge in [-0.15, -0.1) is 0 Å². The maximum atomic E-state index is 14.1. The lowest BCUT2D eigenvalue weighted by Crippen LogP contribution is -2.08. The van der Waals surface area contributed by atoms with Gasteiger partial charge >= 0.3 is 0 Å². The van der Waals surface area contributed by atoms with E-state index in [0.717, 1.165) is 11.6 Å². The summed E-state index contributed by atoms with van der Waals surface area (Å²) < 4.78 is 29.4. The molecule has 1 unspecified atom stereocenters. The molecule has 0 aliphatic heterocycles. The minimum absolute atomic E-state index is 0.145. The molecule has 2 heterocycles. The van der Waals surface area contributed by atoms with Crippen molar-refractivity contribution < 1.29 is 8.78 Å². The van der Waals surface area contributed by atoms with Crippen LogP contribution in [0.3, 0.4) is 0 Å². The van der Waals surface area contributed by atoms with Gasteiger partial charge in [-0.3, -0.25) is 4.98 Å². The van der Waals surface area contributed by atoms with Crippen molar-refractivity contribution in [1.29, 1.82) is 0 Å². The Hall–Kier alpha value is -2.08. The van der Waals surface area contributed by atoms with Crippen LogP contribution in [0.1, 0.15) is 18.5 Å². The first-order valence-corrected chi connectivity index (χ1v) is 6.48. The quantitative estimate of drug-likeness (QED) is 0.724. The monoisotopic (exact) mass is 291 g/mol. The Balaban J connectivity index is 2.29. The van der Waals surface area contributed by atoms with E-state index in [1.165, 1.54) is 6.07 Å². The Kier molecular flexibility index (Phi) is 3.10. The number of nitrogens with one attached hydrogen (secondary N) is 1. The molecule has 1 N–H and O–H groups in total. The van der Waals surface area contributed by atoms with Crippen molar-refractivity contribution in [1.82, 2.24) is 14.5 Å². The molecular formula is C14H11F2N3S. The molecule has 0 saturated carbocycles. The molecule has 0 fully saturated rings. The Morgan fingerprint density at radius 3 is 2.80 bits per heavy atom. The summed E-state index contributed by atoms with van der Waals surface area (Å²) in [5.74, 6) is -1.79. The highest BCUT2D eigenvalue weighted by Gasteiger charge is 2.18. The number of fused-ring (bicyclic) bond motifs is 1. The molecule has 0 amide bonds. The fourth-order valence-electron chi connectivity index (χ4n) is 2.29. The van der Waals surface area contributed by atoms with E-state index in [2.05, 4.69) is 9.97 Å². The lowest BCUT2D eigenvalue weighted by Gasteiger charge is -2.15.